The summed E-state index contributed by atoms with van der Waals surface area (Å²) in [4.78, 5) is 12.6. The predicted octanol–water partition coefficient (Wildman–Crippen LogP) is 1.22. The molecular formula is C12H14N4O2S2. The number of hydrogen-bond acceptors (Lipinski definition) is 6. The van der Waals surface area contributed by atoms with Gasteiger partial charge in [-0.2, -0.15) is 0 Å². The van der Waals surface area contributed by atoms with Gasteiger partial charge in [-0.3, -0.25) is 9.97 Å². The summed E-state index contributed by atoms with van der Waals surface area (Å²) in [7, 11) is -3.10. The highest BCUT2D eigenvalue weighted by atomic mass is 32.2. The van der Waals surface area contributed by atoms with Crippen LogP contribution in [0, 0.1) is 0 Å². The first-order chi connectivity index (χ1) is 9.65. The molecule has 0 spiro atoms. The lowest BCUT2D eigenvalue weighted by Crippen LogP contribution is -2.29. The molecule has 1 aliphatic rings. The van der Waals surface area contributed by atoms with E-state index in [-0.39, 0.29) is 5.25 Å². The number of rotatable bonds is 6. The molecule has 0 aliphatic heterocycles. The highest BCUT2D eigenvalue weighted by Crippen LogP contribution is 2.27. The topological polar surface area (TPSA) is 84.8 Å². The van der Waals surface area contributed by atoms with Crippen LogP contribution in [0.15, 0.2) is 24.0 Å². The van der Waals surface area contributed by atoms with E-state index in [1.54, 1.807) is 18.6 Å². The number of nitrogens with zero attached hydrogens (tertiary/aromatic N) is 3. The molecule has 0 atom stereocenters. The van der Waals surface area contributed by atoms with Crippen molar-refractivity contribution in [3.8, 4) is 10.7 Å². The molecule has 1 saturated carbocycles. The Kier molecular flexibility index (Phi) is 3.77. The molecule has 2 aromatic rings. The fourth-order valence-electron chi connectivity index (χ4n) is 1.77. The second-order valence-corrected chi connectivity index (χ2v) is 7.53. The van der Waals surface area contributed by atoms with Gasteiger partial charge in [-0.1, -0.05) is 0 Å². The molecule has 1 N–H and O–H groups in total. The third-order valence-corrected chi connectivity index (χ3v) is 5.85. The average molecular weight is 310 g/mol. The first-order valence-electron chi connectivity index (χ1n) is 6.34. The zero-order chi connectivity index (χ0) is 14.0. The van der Waals surface area contributed by atoms with Crippen molar-refractivity contribution in [3.63, 3.8) is 0 Å². The fourth-order valence-corrected chi connectivity index (χ4v) is 3.96. The minimum absolute atomic E-state index is 0.173. The van der Waals surface area contributed by atoms with Crippen LogP contribution in [0.5, 0.6) is 0 Å². The van der Waals surface area contributed by atoms with Crippen molar-refractivity contribution < 1.29 is 8.42 Å². The molecule has 3 rings (SSSR count). The van der Waals surface area contributed by atoms with Gasteiger partial charge >= 0.3 is 0 Å². The van der Waals surface area contributed by atoms with Crippen LogP contribution in [0.2, 0.25) is 0 Å². The fraction of sp³-hybridized carbons (Fsp3) is 0.417. The van der Waals surface area contributed by atoms with Crippen LogP contribution in [0.4, 0.5) is 0 Å². The largest absolute Gasteiger partial charge is 0.261 e. The number of thiazole rings is 1. The van der Waals surface area contributed by atoms with Crippen molar-refractivity contribution in [1.29, 1.82) is 0 Å². The van der Waals surface area contributed by atoms with Crippen LogP contribution in [0.1, 0.15) is 18.5 Å². The van der Waals surface area contributed by atoms with E-state index in [9.17, 15) is 8.42 Å². The lowest BCUT2D eigenvalue weighted by molar-refractivity contribution is 0.580. The molecule has 0 bridgehead atoms. The van der Waals surface area contributed by atoms with Crippen molar-refractivity contribution in [2.45, 2.75) is 24.5 Å². The minimum Gasteiger partial charge on any atom is -0.261 e. The Labute approximate surface area is 121 Å². The minimum atomic E-state index is -3.10. The van der Waals surface area contributed by atoms with Crippen molar-refractivity contribution in [1.82, 2.24) is 19.7 Å². The highest BCUT2D eigenvalue weighted by Gasteiger charge is 2.35. The van der Waals surface area contributed by atoms with Gasteiger partial charge in [-0.25, -0.2) is 18.1 Å². The summed E-state index contributed by atoms with van der Waals surface area (Å²) in [6.07, 6.45) is 7.05. The lowest BCUT2D eigenvalue weighted by Gasteiger charge is -2.03. The maximum absolute atomic E-state index is 11.7. The molecule has 0 aromatic carbocycles. The van der Waals surface area contributed by atoms with Crippen LogP contribution < -0.4 is 4.72 Å². The van der Waals surface area contributed by atoms with E-state index in [0.29, 0.717) is 13.0 Å². The summed E-state index contributed by atoms with van der Waals surface area (Å²) in [6.45, 7) is 0.391. The zero-order valence-corrected chi connectivity index (χ0v) is 12.3. The molecular weight excluding hydrogens is 296 g/mol. The Hall–Kier alpha value is -1.38. The maximum atomic E-state index is 11.7. The molecule has 0 saturated heterocycles. The van der Waals surface area contributed by atoms with E-state index in [4.69, 9.17) is 0 Å². The standard InChI is InChI=1S/C12H14N4O2S2/c17-20(18,10-1-2-10)15-4-3-9-8-19-12(16-9)11-7-13-5-6-14-11/h5-8,10,15H,1-4H2. The van der Waals surface area contributed by atoms with Crippen LogP contribution in [0.3, 0.4) is 0 Å². The van der Waals surface area contributed by atoms with Crippen LogP contribution >= 0.6 is 11.3 Å². The molecule has 106 valence electrons. The molecule has 0 unspecified atom stereocenters. The quantitative estimate of drug-likeness (QED) is 0.867. The first kappa shape index (κ1) is 13.6. The van der Waals surface area contributed by atoms with E-state index in [1.165, 1.54) is 11.3 Å². The average Bonchev–Trinajstić information content (AvgIpc) is 3.21. The summed E-state index contributed by atoms with van der Waals surface area (Å²) in [6, 6.07) is 0. The molecule has 1 aliphatic carbocycles. The van der Waals surface area contributed by atoms with Crippen LogP contribution in [0.25, 0.3) is 10.7 Å². The van der Waals surface area contributed by atoms with Gasteiger partial charge in [0, 0.05) is 30.7 Å². The van der Waals surface area contributed by atoms with Crippen molar-refractivity contribution in [2.75, 3.05) is 6.54 Å². The smallest absolute Gasteiger partial charge is 0.214 e. The van der Waals surface area contributed by atoms with Gasteiger partial charge in [-0.15, -0.1) is 11.3 Å². The Morgan fingerprint density at radius 1 is 1.35 bits per heavy atom. The Balaban J connectivity index is 1.58. The molecule has 6 nitrogen and oxygen atoms in total. The summed E-state index contributed by atoms with van der Waals surface area (Å²) in [5.41, 5.74) is 1.61. The number of nitrogens with one attached hydrogen (secondary N) is 1. The monoisotopic (exact) mass is 310 g/mol. The van der Waals surface area contributed by atoms with Gasteiger partial charge < -0.3 is 0 Å². The highest BCUT2D eigenvalue weighted by molar-refractivity contribution is 7.90. The van der Waals surface area contributed by atoms with E-state index in [0.717, 1.165) is 29.2 Å². The van der Waals surface area contributed by atoms with Gasteiger partial charge in [0.15, 0.2) is 0 Å². The molecule has 0 amide bonds. The van der Waals surface area contributed by atoms with Crippen LogP contribution in [-0.2, 0) is 16.4 Å². The van der Waals surface area contributed by atoms with Gasteiger partial charge in [0.25, 0.3) is 0 Å². The molecule has 20 heavy (non-hydrogen) atoms. The van der Waals surface area contributed by atoms with Crippen molar-refractivity contribution >= 4 is 21.4 Å². The Morgan fingerprint density at radius 2 is 2.20 bits per heavy atom. The van der Waals surface area contributed by atoms with Crippen molar-refractivity contribution in [2.24, 2.45) is 0 Å². The lowest BCUT2D eigenvalue weighted by atomic mass is 10.3. The molecule has 2 heterocycles. The normalized spacial score (nSPS) is 15.4. The first-order valence-corrected chi connectivity index (χ1v) is 8.77. The van der Waals surface area contributed by atoms with Crippen LogP contribution in [-0.4, -0.2) is 35.2 Å². The second-order valence-electron chi connectivity index (χ2n) is 4.62. The SMILES string of the molecule is O=S(=O)(NCCc1csc(-c2cnccn2)n1)C1CC1. The van der Waals surface area contributed by atoms with E-state index in [1.807, 2.05) is 5.38 Å². The Morgan fingerprint density at radius 3 is 2.90 bits per heavy atom. The summed E-state index contributed by atoms with van der Waals surface area (Å²) < 4.78 is 26.0. The molecule has 8 heteroatoms. The van der Waals surface area contributed by atoms with E-state index in [2.05, 4.69) is 19.7 Å². The van der Waals surface area contributed by atoms with E-state index >= 15 is 0 Å². The molecule has 1 fully saturated rings. The van der Waals surface area contributed by atoms with Crippen molar-refractivity contribution in [3.05, 3.63) is 29.7 Å². The molecule has 2 aromatic heterocycles. The third-order valence-electron chi connectivity index (χ3n) is 2.98. The number of sulfonamides is 1. The van der Waals surface area contributed by atoms with Gasteiger partial charge in [0.2, 0.25) is 10.0 Å². The summed E-state index contributed by atoms with van der Waals surface area (Å²) in [5, 5.41) is 2.56. The maximum Gasteiger partial charge on any atom is 0.214 e. The second kappa shape index (κ2) is 5.55. The van der Waals surface area contributed by atoms with Gasteiger partial charge in [0.05, 0.1) is 17.1 Å². The summed E-state index contributed by atoms with van der Waals surface area (Å²) in [5.74, 6) is 0. The predicted molar refractivity (Wildman–Crippen MR) is 76.8 cm³/mol. The number of hydrogen-bond donors (Lipinski definition) is 1. The summed E-state index contributed by atoms with van der Waals surface area (Å²) >= 11 is 1.49. The number of aromatic nitrogens is 3. The third kappa shape index (κ3) is 3.20. The zero-order valence-electron chi connectivity index (χ0n) is 10.7. The Bertz CT molecular complexity index is 680. The van der Waals surface area contributed by atoms with E-state index < -0.39 is 10.0 Å². The molecule has 0 radical (unpaired) electrons. The van der Waals surface area contributed by atoms with Gasteiger partial charge in [-0.05, 0) is 12.8 Å². The van der Waals surface area contributed by atoms with Gasteiger partial charge in [0.1, 0.15) is 10.7 Å².